The van der Waals surface area contributed by atoms with Crippen molar-refractivity contribution in [2.24, 2.45) is 0 Å². The van der Waals surface area contributed by atoms with E-state index in [9.17, 15) is 4.79 Å². The molecule has 0 radical (unpaired) electrons. The molecule has 1 amide bonds. The zero-order valence-electron chi connectivity index (χ0n) is 8.49. The van der Waals surface area contributed by atoms with Crippen LogP contribution in [0.1, 0.15) is 18.6 Å². The molecule has 1 unspecified atom stereocenters. The van der Waals surface area contributed by atoms with E-state index in [0.29, 0.717) is 11.2 Å². The van der Waals surface area contributed by atoms with Gasteiger partial charge < -0.3 is 9.32 Å². The van der Waals surface area contributed by atoms with Gasteiger partial charge in [0.1, 0.15) is 5.76 Å². The Morgan fingerprint density at radius 3 is 3.07 bits per heavy atom. The highest BCUT2D eigenvalue weighted by molar-refractivity contribution is 9.09. The van der Waals surface area contributed by atoms with Crippen LogP contribution in [0.25, 0.3) is 0 Å². The molecule has 0 aliphatic carbocycles. The molecule has 2 heterocycles. The summed E-state index contributed by atoms with van der Waals surface area (Å²) in [4.78, 5) is 13.7. The van der Waals surface area contributed by atoms with Gasteiger partial charge in [0, 0.05) is 30.8 Å². The van der Waals surface area contributed by atoms with Gasteiger partial charge in [-0.15, -0.1) is 0 Å². The molecule has 0 N–H and O–H groups in total. The van der Waals surface area contributed by atoms with Crippen LogP contribution in [0.5, 0.6) is 0 Å². The van der Waals surface area contributed by atoms with Crippen LogP contribution in [-0.4, -0.2) is 28.7 Å². The Bertz CT molecular complexity index is 323. The van der Waals surface area contributed by atoms with Gasteiger partial charge in [-0.1, -0.05) is 15.9 Å². The molecule has 1 aliphatic heterocycles. The topological polar surface area (TPSA) is 33.5 Å². The molecule has 1 aromatic heterocycles. The summed E-state index contributed by atoms with van der Waals surface area (Å²) in [5.74, 6) is 1.26. The Morgan fingerprint density at radius 2 is 2.47 bits per heavy atom. The summed E-state index contributed by atoms with van der Waals surface area (Å²) in [6.07, 6.45) is 4.20. The molecule has 2 rings (SSSR count). The number of rotatable bonds is 4. The van der Waals surface area contributed by atoms with Crippen molar-refractivity contribution in [2.75, 3.05) is 13.1 Å². The molecule has 0 bridgehead atoms. The van der Waals surface area contributed by atoms with Crippen molar-refractivity contribution in [3.8, 4) is 0 Å². The van der Waals surface area contributed by atoms with E-state index in [4.69, 9.17) is 4.42 Å². The van der Waals surface area contributed by atoms with Crippen LogP contribution >= 0.6 is 15.9 Å². The van der Waals surface area contributed by atoms with Crippen LogP contribution in [-0.2, 0) is 11.2 Å². The monoisotopic (exact) mass is 271 g/mol. The Labute approximate surface area is 97.6 Å². The summed E-state index contributed by atoms with van der Waals surface area (Å²) in [6.45, 7) is 1.68. The molecular weight excluding hydrogens is 258 g/mol. The van der Waals surface area contributed by atoms with Gasteiger partial charge in [-0.25, -0.2) is 0 Å². The first kappa shape index (κ1) is 10.7. The molecule has 82 valence electrons. The highest BCUT2D eigenvalue weighted by atomic mass is 79.9. The van der Waals surface area contributed by atoms with Gasteiger partial charge in [0.2, 0.25) is 5.91 Å². The number of aryl methyl sites for hydroxylation is 1. The molecule has 0 saturated carbocycles. The molecule has 15 heavy (non-hydrogen) atoms. The van der Waals surface area contributed by atoms with E-state index in [1.54, 1.807) is 6.26 Å². The predicted octanol–water partition coefficient (Wildman–Crippen LogP) is 2.21. The van der Waals surface area contributed by atoms with E-state index in [0.717, 1.165) is 31.7 Å². The molecule has 0 aromatic carbocycles. The first-order chi connectivity index (χ1) is 7.25. The zero-order valence-corrected chi connectivity index (χ0v) is 10.1. The third-order valence-electron chi connectivity index (χ3n) is 2.60. The molecule has 3 nitrogen and oxygen atoms in total. The number of carbonyl (C=O) groups is 1. The molecule has 0 spiro atoms. The number of hydrogen-bond acceptors (Lipinski definition) is 2. The number of carbonyl (C=O) groups excluding carboxylic acids is 1. The normalized spacial score (nSPS) is 21.3. The average molecular weight is 272 g/mol. The van der Waals surface area contributed by atoms with Crippen molar-refractivity contribution in [1.82, 2.24) is 4.90 Å². The van der Waals surface area contributed by atoms with Crippen LogP contribution < -0.4 is 0 Å². The fourth-order valence-electron chi connectivity index (χ4n) is 1.84. The Kier molecular flexibility index (Phi) is 3.46. The number of amides is 1. The van der Waals surface area contributed by atoms with Crippen molar-refractivity contribution in [1.29, 1.82) is 0 Å². The second-order valence-electron chi connectivity index (χ2n) is 3.82. The fraction of sp³-hybridized carbons (Fsp3) is 0.545. The van der Waals surface area contributed by atoms with Crippen molar-refractivity contribution >= 4 is 21.8 Å². The van der Waals surface area contributed by atoms with Gasteiger partial charge >= 0.3 is 0 Å². The summed E-state index contributed by atoms with van der Waals surface area (Å²) < 4.78 is 5.23. The number of alkyl halides is 1. The minimum atomic E-state index is 0.260. The maximum absolute atomic E-state index is 11.4. The quantitative estimate of drug-likeness (QED) is 0.787. The van der Waals surface area contributed by atoms with Crippen LogP contribution in [0.3, 0.4) is 0 Å². The van der Waals surface area contributed by atoms with E-state index in [1.807, 2.05) is 17.0 Å². The maximum atomic E-state index is 11.4. The highest BCUT2D eigenvalue weighted by Gasteiger charge is 2.26. The molecule has 4 heteroatoms. The highest BCUT2D eigenvalue weighted by Crippen LogP contribution is 2.18. The fourth-order valence-corrected chi connectivity index (χ4v) is 2.47. The largest absolute Gasteiger partial charge is 0.469 e. The van der Waals surface area contributed by atoms with Gasteiger partial charge in [0.15, 0.2) is 0 Å². The summed E-state index contributed by atoms with van der Waals surface area (Å²) in [7, 11) is 0. The molecule has 1 aromatic rings. The van der Waals surface area contributed by atoms with E-state index >= 15 is 0 Å². The number of nitrogens with zero attached hydrogens (tertiary/aromatic N) is 1. The Hall–Kier alpha value is -0.770. The SMILES string of the molecule is O=C1CC(Br)CN1CCCc1ccco1. The second kappa shape index (κ2) is 4.84. The first-order valence-electron chi connectivity index (χ1n) is 5.20. The van der Waals surface area contributed by atoms with E-state index < -0.39 is 0 Å². The summed E-state index contributed by atoms with van der Waals surface area (Å²) >= 11 is 3.47. The van der Waals surface area contributed by atoms with Crippen molar-refractivity contribution in [3.05, 3.63) is 24.2 Å². The van der Waals surface area contributed by atoms with E-state index in [-0.39, 0.29) is 5.91 Å². The second-order valence-corrected chi connectivity index (χ2v) is 5.12. The predicted molar refractivity (Wildman–Crippen MR) is 60.9 cm³/mol. The molecule has 1 fully saturated rings. The number of likely N-dealkylation sites (tertiary alicyclic amines) is 1. The Morgan fingerprint density at radius 1 is 1.60 bits per heavy atom. The van der Waals surface area contributed by atoms with Gasteiger partial charge in [-0.3, -0.25) is 4.79 Å². The molecule has 1 atom stereocenters. The lowest BCUT2D eigenvalue weighted by Gasteiger charge is -2.14. The Balaban J connectivity index is 1.72. The summed E-state index contributed by atoms with van der Waals surface area (Å²) in [5, 5.41) is 0. The minimum absolute atomic E-state index is 0.260. The third-order valence-corrected chi connectivity index (χ3v) is 3.21. The van der Waals surface area contributed by atoms with Gasteiger partial charge in [0.05, 0.1) is 6.26 Å². The van der Waals surface area contributed by atoms with Gasteiger partial charge in [-0.2, -0.15) is 0 Å². The molecular formula is C11H14BrNO2. The number of hydrogen-bond donors (Lipinski definition) is 0. The maximum Gasteiger partial charge on any atom is 0.223 e. The lowest BCUT2D eigenvalue weighted by molar-refractivity contribution is -0.127. The zero-order chi connectivity index (χ0) is 10.7. The molecule has 1 aliphatic rings. The van der Waals surface area contributed by atoms with Gasteiger partial charge in [0.25, 0.3) is 0 Å². The van der Waals surface area contributed by atoms with Gasteiger partial charge in [-0.05, 0) is 18.6 Å². The lowest BCUT2D eigenvalue weighted by atomic mass is 10.2. The summed E-state index contributed by atoms with van der Waals surface area (Å²) in [5.41, 5.74) is 0. The number of furan rings is 1. The van der Waals surface area contributed by atoms with Crippen molar-refractivity contribution < 1.29 is 9.21 Å². The average Bonchev–Trinajstić information content (AvgIpc) is 2.77. The smallest absolute Gasteiger partial charge is 0.223 e. The van der Waals surface area contributed by atoms with E-state index in [2.05, 4.69) is 15.9 Å². The van der Waals surface area contributed by atoms with Crippen LogP contribution in [0.15, 0.2) is 22.8 Å². The van der Waals surface area contributed by atoms with Crippen molar-refractivity contribution in [3.63, 3.8) is 0 Å². The standard InChI is InChI=1S/C11H14BrNO2/c12-9-7-11(14)13(8-9)5-1-3-10-4-2-6-15-10/h2,4,6,9H,1,3,5,7-8H2. The summed E-state index contributed by atoms with van der Waals surface area (Å²) in [6, 6.07) is 3.87. The van der Waals surface area contributed by atoms with Crippen molar-refractivity contribution in [2.45, 2.75) is 24.1 Å². The lowest BCUT2D eigenvalue weighted by Crippen LogP contribution is -2.26. The number of halogens is 1. The van der Waals surface area contributed by atoms with Crippen LogP contribution in [0.2, 0.25) is 0 Å². The van der Waals surface area contributed by atoms with E-state index in [1.165, 1.54) is 0 Å². The third kappa shape index (κ3) is 2.84. The van der Waals surface area contributed by atoms with Crippen LogP contribution in [0.4, 0.5) is 0 Å². The van der Waals surface area contributed by atoms with Crippen LogP contribution in [0, 0.1) is 0 Å². The molecule has 1 saturated heterocycles. The minimum Gasteiger partial charge on any atom is -0.469 e. The first-order valence-corrected chi connectivity index (χ1v) is 6.11.